The number of fused-ring (bicyclic) bond motifs is 1. The Morgan fingerprint density at radius 2 is 1.77 bits per heavy atom. The van der Waals surface area contributed by atoms with Gasteiger partial charge in [-0.25, -0.2) is 0 Å². The van der Waals surface area contributed by atoms with Crippen LogP contribution in [0.3, 0.4) is 0 Å². The molecule has 0 saturated carbocycles. The maximum Gasteiger partial charge on any atom is 0.416 e. The topological polar surface area (TPSA) is 15.3 Å². The van der Waals surface area contributed by atoms with E-state index in [9.17, 15) is 13.2 Å². The van der Waals surface area contributed by atoms with Crippen LogP contribution in [-0.4, -0.2) is 19.1 Å². The number of benzene rings is 2. The van der Waals surface area contributed by atoms with Crippen LogP contribution in [-0.2, 0) is 19.0 Å². The van der Waals surface area contributed by atoms with Gasteiger partial charge in [-0.05, 0) is 72.6 Å². The van der Waals surface area contributed by atoms with Crippen molar-refractivity contribution < 1.29 is 13.2 Å². The highest BCUT2D eigenvalue weighted by atomic mass is 32.1. The molecular weight excluding hydrogens is 417 g/mol. The highest BCUT2D eigenvalue weighted by Gasteiger charge is 2.30. The second kappa shape index (κ2) is 10.3. The summed E-state index contributed by atoms with van der Waals surface area (Å²) in [5, 5.41) is 0. The van der Waals surface area contributed by atoms with Gasteiger partial charge in [0.25, 0.3) is 0 Å². The molecule has 0 saturated heterocycles. The Bertz CT molecular complexity index is 851. The fraction of sp³-hybridized carbons (Fsp3) is 0.520. The number of nitrogens with zero attached hydrogens (tertiary/aromatic N) is 1. The predicted molar refractivity (Wildman–Crippen MR) is 126 cm³/mol. The van der Waals surface area contributed by atoms with E-state index in [1.807, 2.05) is 6.92 Å². The van der Waals surface area contributed by atoms with Crippen LogP contribution in [0.5, 0.6) is 0 Å². The predicted octanol–water partition coefficient (Wildman–Crippen LogP) is 6.65. The number of rotatable bonds is 9. The fourth-order valence-corrected chi connectivity index (χ4v) is 4.87. The molecule has 3 rings (SSSR count). The summed E-state index contributed by atoms with van der Waals surface area (Å²) in [4.78, 5) is 2.16. The maximum absolute atomic E-state index is 13.0. The number of hydrogen-bond donors (Lipinski definition) is 2. The van der Waals surface area contributed by atoms with Crippen molar-refractivity contribution in [3.63, 3.8) is 0 Å². The van der Waals surface area contributed by atoms with E-state index in [0.29, 0.717) is 6.54 Å². The Labute approximate surface area is 189 Å². The highest BCUT2D eigenvalue weighted by Crippen LogP contribution is 2.36. The van der Waals surface area contributed by atoms with E-state index in [-0.39, 0.29) is 12.0 Å². The van der Waals surface area contributed by atoms with E-state index in [1.54, 1.807) is 12.1 Å². The molecule has 2 aromatic carbocycles. The highest BCUT2D eigenvalue weighted by molar-refractivity contribution is 7.78. The van der Waals surface area contributed by atoms with E-state index in [4.69, 9.17) is 0 Å². The summed E-state index contributed by atoms with van der Waals surface area (Å²) in [5.41, 5.74) is 4.51. The van der Waals surface area contributed by atoms with Gasteiger partial charge in [-0.1, -0.05) is 57.7 Å². The van der Waals surface area contributed by atoms with Crippen molar-refractivity contribution in [3.05, 3.63) is 64.7 Å². The molecule has 1 aliphatic carbocycles. The molecule has 170 valence electrons. The Balaban J connectivity index is 1.82. The quantitative estimate of drug-likeness (QED) is 0.416. The second-order valence-corrected chi connectivity index (χ2v) is 9.19. The smallest absolute Gasteiger partial charge is 0.369 e. The van der Waals surface area contributed by atoms with Gasteiger partial charge >= 0.3 is 6.18 Å². The minimum Gasteiger partial charge on any atom is -0.369 e. The SMILES string of the molecule is CCCC1Cc2cccc(C(C)CN(CC(C)NS)c3ccc(C(F)(F)F)cc3)c2C1. The molecular formula is C25H33F3N2S. The van der Waals surface area contributed by atoms with Crippen molar-refractivity contribution in [1.29, 1.82) is 0 Å². The fourth-order valence-electron chi connectivity index (χ4n) is 4.79. The van der Waals surface area contributed by atoms with Crippen molar-refractivity contribution in [1.82, 2.24) is 4.72 Å². The number of nitrogens with one attached hydrogen (secondary N) is 1. The molecule has 31 heavy (non-hydrogen) atoms. The molecule has 1 aliphatic rings. The molecule has 0 aromatic heterocycles. The minimum atomic E-state index is -4.32. The normalized spacial score (nSPS) is 18.0. The zero-order chi connectivity index (χ0) is 22.6. The van der Waals surface area contributed by atoms with Gasteiger partial charge in [0.05, 0.1) is 5.56 Å². The molecule has 0 aliphatic heterocycles. The number of hydrogen-bond acceptors (Lipinski definition) is 3. The van der Waals surface area contributed by atoms with Crippen molar-refractivity contribution in [2.45, 2.75) is 64.6 Å². The van der Waals surface area contributed by atoms with Crippen LogP contribution < -0.4 is 9.62 Å². The van der Waals surface area contributed by atoms with Gasteiger partial charge in [-0.3, -0.25) is 4.72 Å². The van der Waals surface area contributed by atoms with E-state index in [1.165, 1.54) is 41.7 Å². The molecule has 2 nitrogen and oxygen atoms in total. The zero-order valence-electron chi connectivity index (χ0n) is 18.5. The summed E-state index contributed by atoms with van der Waals surface area (Å²) in [6, 6.07) is 12.2. The summed E-state index contributed by atoms with van der Waals surface area (Å²) in [5.74, 6) is 0.998. The standard InChI is InChI=1S/C25H33F3N2S/c1-4-6-19-13-20-7-5-8-23(24(20)14-19)17(2)15-30(16-18(3)29-31)22-11-9-21(10-12-22)25(26,27)28/h5,7-12,17-19,29,31H,4,6,13-16H2,1-3H3. The van der Waals surface area contributed by atoms with E-state index >= 15 is 0 Å². The number of halogens is 3. The lowest BCUT2D eigenvalue weighted by atomic mass is 9.92. The van der Waals surface area contributed by atoms with Crippen LogP contribution in [0.4, 0.5) is 18.9 Å². The minimum absolute atomic E-state index is 0.0910. The molecule has 0 spiro atoms. The van der Waals surface area contributed by atoms with Gasteiger partial charge in [0.15, 0.2) is 0 Å². The molecule has 3 unspecified atom stereocenters. The summed E-state index contributed by atoms with van der Waals surface area (Å²) >= 11 is 4.17. The Kier molecular flexibility index (Phi) is 7.98. The first-order valence-electron chi connectivity index (χ1n) is 11.1. The zero-order valence-corrected chi connectivity index (χ0v) is 19.4. The monoisotopic (exact) mass is 450 g/mol. The van der Waals surface area contributed by atoms with Crippen LogP contribution >= 0.6 is 12.8 Å². The second-order valence-electron chi connectivity index (χ2n) is 8.93. The Hall–Kier alpha value is -1.66. The molecule has 0 amide bonds. The van der Waals surface area contributed by atoms with Gasteiger partial charge < -0.3 is 4.90 Å². The van der Waals surface area contributed by atoms with Gasteiger partial charge in [0.1, 0.15) is 0 Å². The first kappa shape index (κ1) is 24.0. The summed E-state index contributed by atoms with van der Waals surface area (Å²) in [7, 11) is 0. The molecule has 0 fully saturated rings. The lowest BCUT2D eigenvalue weighted by molar-refractivity contribution is -0.137. The van der Waals surface area contributed by atoms with Crippen LogP contribution in [0, 0.1) is 5.92 Å². The lowest BCUT2D eigenvalue weighted by Crippen LogP contribution is -2.38. The third-order valence-electron chi connectivity index (χ3n) is 6.31. The van der Waals surface area contributed by atoms with Gasteiger partial charge in [-0.15, -0.1) is 0 Å². The molecule has 3 atom stereocenters. The van der Waals surface area contributed by atoms with Crippen LogP contribution in [0.2, 0.25) is 0 Å². The van der Waals surface area contributed by atoms with E-state index in [2.05, 4.69) is 54.5 Å². The Morgan fingerprint density at radius 3 is 2.39 bits per heavy atom. The maximum atomic E-state index is 13.0. The number of thiol groups is 1. The molecule has 2 aromatic rings. The van der Waals surface area contributed by atoms with Gasteiger partial charge in [0.2, 0.25) is 0 Å². The summed E-state index contributed by atoms with van der Waals surface area (Å²) in [6.45, 7) is 7.88. The van der Waals surface area contributed by atoms with Crippen LogP contribution in [0.25, 0.3) is 0 Å². The Morgan fingerprint density at radius 1 is 1.06 bits per heavy atom. The van der Waals surface area contributed by atoms with E-state index in [0.717, 1.165) is 31.0 Å². The van der Waals surface area contributed by atoms with Crippen molar-refractivity contribution in [3.8, 4) is 0 Å². The average molecular weight is 451 g/mol. The van der Waals surface area contributed by atoms with Gasteiger partial charge in [-0.2, -0.15) is 13.2 Å². The first-order valence-corrected chi connectivity index (χ1v) is 11.6. The molecule has 0 bridgehead atoms. The first-order chi connectivity index (χ1) is 14.7. The van der Waals surface area contributed by atoms with E-state index < -0.39 is 11.7 Å². The van der Waals surface area contributed by atoms with Crippen LogP contribution in [0.1, 0.15) is 61.8 Å². The molecule has 6 heteroatoms. The van der Waals surface area contributed by atoms with Crippen molar-refractivity contribution in [2.24, 2.45) is 5.92 Å². The number of anilines is 1. The molecule has 1 N–H and O–H groups in total. The van der Waals surface area contributed by atoms with Crippen molar-refractivity contribution >= 4 is 18.5 Å². The summed E-state index contributed by atoms with van der Waals surface area (Å²) in [6.07, 6.45) is 0.437. The average Bonchev–Trinajstić information content (AvgIpc) is 3.15. The third-order valence-corrected chi connectivity index (χ3v) is 6.75. The third kappa shape index (κ3) is 5.98. The lowest BCUT2D eigenvalue weighted by Gasteiger charge is -2.31. The van der Waals surface area contributed by atoms with Crippen LogP contribution in [0.15, 0.2) is 42.5 Å². The van der Waals surface area contributed by atoms with Crippen molar-refractivity contribution in [2.75, 3.05) is 18.0 Å². The molecule has 0 heterocycles. The summed E-state index contributed by atoms with van der Waals surface area (Å²) < 4.78 is 41.9. The van der Waals surface area contributed by atoms with Gasteiger partial charge in [0, 0.05) is 24.8 Å². The largest absolute Gasteiger partial charge is 0.416 e. The molecule has 0 radical (unpaired) electrons. The number of alkyl halides is 3.